The summed E-state index contributed by atoms with van der Waals surface area (Å²) in [6.07, 6.45) is 0. The average molecular weight is 287 g/mol. The van der Waals surface area contributed by atoms with Crippen LogP contribution in [0.4, 0.5) is 0 Å². The van der Waals surface area contributed by atoms with E-state index < -0.39 is 0 Å². The highest BCUT2D eigenvalue weighted by Crippen LogP contribution is 2.26. The van der Waals surface area contributed by atoms with E-state index in [-0.39, 0.29) is 5.78 Å². The van der Waals surface area contributed by atoms with E-state index in [4.69, 9.17) is 0 Å². The summed E-state index contributed by atoms with van der Waals surface area (Å²) >= 11 is 6.33. The van der Waals surface area contributed by atoms with Gasteiger partial charge in [0.05, 0.1) is 13.5 Å². The van der Waals surface area contributed by atoms with Gasteiger partial charge in [-0.3, -0.25) is 4.79 Å². The highest BCUT2D eigenvalue weighted by molar-refractivity contribution is 9.11. The van der Waals surface area contributed by atoms with Crippen molar-refractivity contribution in [3.05, 3.63) is 42.7 Å². The molecule has 2 aromatic rings. The Morgan fingerprint density at radius 2 is 2.14 bits per heavy atom. The van der Waals surface area contributed by atoms with E-state index >= 15 is 0 Å². The zero-order valence-electron chi connectivity index (χ0n) is 7.41. The van der Waals surface area contributed by atoms with Crippen molar-refractivity contribution in [2.45, 2.75) is 6.92 Å². The quantitative estimate of drug-likeness (QED) is 0.760. The fourth-order valence-electron chi connectivity index (χ4n) is 1.11. The molecular formula is C10H7BrOS2. The minimum absolute atomic E-state index is 0.124. The molecule has 0 saturated heterocycles. The molecule has 72 valence electrons. The standard InChI is InChI=1S/C10H7BrOS2/c1-6-4-8(13-5-6)10(12)7-2-3-9(11)14-7/h2-5H,1H3. The molecule has 0 aliphatic heterocycles. The zero-order valence-corrected chi connectivity index (χ0v) is 10.6. The minimum Gasteiger partial charge on any atom is -0.287 e. The van der Waals surface area contributed by atoms with Crippen LogP contribution in [0.2, 0.25) is 0 Å². The molecule has 0 spiro atoms. The fourth-order valence-corrected chi connectivity index (χ4v) is 3.36. The van der Waals surface area contributed by atoms with Crippen molar-refractivity contribution in [1.29, 1.82) is 0 Å². The van der Waals surface area contributed by atoms with Crippen molar-refractivity contribution in [3.8, 4) is 0 Å². The van der Waals surface area contributed by atoms with Crippen LogP contribution in [0, 0.1) is 6.92 Å². The number of aryl methyl sites for hydroxylation is 1. The van der Waals surface area contributed by atoms with Crippen molar-refractivity contribution >= 4 is 44.4 Å². The third-order valence-electron chi connectivity index (χ3n) is 1.75. The molecule has 0 N–H and O–H groups in total. The SMILES string of the molecule is Cc1csc(C(=O)c2ccc(Br)s2)c1. The number of halogens is 1. The first kappa shape index (κ1) is 10.1. The predicted molar refractivity (Wildman–Crippen MR) is 64.5 cm³/mol. The Hall–Kier alpha value is -0.450. The summed E-state index contributed by atoms with van der Waals surface area (Å²) < 4.78 is 0.995. The van der Waals surface area contributed by atoms with Crippen LogP contribution in [-0.2, 0) is 0 Å². The van der Waals surface area contributed by atoms with Gasteiger partial charge in [0.2, 0.25) is 5.78 Å². The van der Waals surface area contributed by atoms with E-state index in [0.717, 1.165) is 19.1 Å². The van der Waals surface area contributed by atoms with Gasteiger partial charge in [0.15, 0.2) is 0 Å². The van der Waals surface area contributed by atoms with Gasteiger partial charge in [-0.2, -0.15) is 0 Å². The van der Waals surface area contributed by atoms with E-state index in [9.17, 15) is 4.79 Å². The lowest BCUT2D eigenvalue weighted by Crippen LogP contribution is -1.93. The normalized spacial score (nSPS) is 10.4. The molecule has 0 atom stereocenters. The Morgan fingerprint density at radius 1 is 1.36 bits per heavy atom. The number of rotatable bonds is 2. The second kappa shape index (κ2) is 3.96. The zero-order chi connectivity index (χ0) is 10.1. The van der Waals surface area contributed by atoms with Crippen LogP contribution >= 0.6 is 38.6 Å². The number of ketones is 1. The van der Waals surface area contributed by atoms with Gasteiger partial charge < -0.3 is 0 Å². The van der Waals surface area contributed by atoms with Gasteiger partial charge in [0.25, 0.3) is 0 Å². The third kappa shape index (κ3) is 1.97. The van der Waals surface area contributed by atoms with Crippen LogP contribution in [0.25, 0.3) is 0 Å². The maximum Gasteiger partial charge on any atom is 0.212 e. The van der Waals surface area contributed by atoms with Crippen LogP contribution in [0.3, 0.4) is 0 Å². The molecule has 2 aromatic heterocycles. The largest absolute Gasteiger partial charge is 0.287 e. The topological polar surface area (TPSA) is 17.1 Å². The molecule has 4 heteroatoms. The van der Waals surface area contributed by atoms with Crippen molar-refractivity contribution in [2.75, 3.05) is 0 Å². The molecule has 2 heterocycles. The van der Waals surface area contributed by atoms with E-state index in [1.165, 1.54) is 22.7 Å². The molecule has 0 saturated carbocycles. The molecule has 1 nitrogen and oxygen atoms in total. The van der Waals surface area contributed by atoms with Gasteiger partial charge in [-0.15, -0.1) is 22.7 Å². The third-order valence-corrected chi connectivity index (χ3v) is 4.42. The second-order valence-corrected chi connectivity index (χ2v) is 6.30. The lowest BCUT2D eigenvalue weighted by atomic mass is 10.2. The highest BCUT2D eigenvalue weighted by Gasteiger charge is 2.12. The predicted octanol–water partition coefficient (Wildman–Crippen LogP) is 4.11. The van der Waals surface area contributed by atoms with Gasteiger partial charge in [0, 0.05) is 0 Å². The van der Waals surface area contributed by atoms with Gasteiger partial charge >= 0.3 is 0 Å². The van der Waals surface area contributed by atoms with Gasteiger partial charge in [-0.25, -0.2) is 0 Å². The Morgan fingerprint density at radius 3 is 2.64 bits per heavy atom. The molecular weight excluding hydrogens is 280 g/mol. The van der Waals surface area contributed by atoms with Gasteiger partial charge in [0.1, 0.15) is 0 Å². The molecule has 0 fully saturated rings. The van der Waals surface area contributed by atoms with Crippen LogP contribution in [0.15, 0.2) is 27.4 Å². The van der Waals surface area contributed by atoms with E-state index in [2.05, 4.69) is 15.9 Å². The first-order chi connectivity index (χ1) is 6.66. The maximum absolute atomic E-state index is 11.9. The van der Waals surface area contributed by atoms with Crippen molar-refractivity contribution in [2.24, 2.45) is 0 Å². The molecule has 0 radical (unpaired) electrons. The molecule has 0 aliphatic carbocycles. The van der Waals surface area contributed by atoms with Crippen LogP contribution in [0.1, 0.15) is 20.1 Å². The summed E-state index contributed by atoms with van der Waals surface area (Å²) in [6, 6.07) is 5.69. The molecule has 0 bridgehead atoms. The summed E-state index contributed by atoms with van der Waals surface area (Å²) in [4.78, 5) is 13.5. The highest BCUT2D eigenvalue weighted by atomic mass is 79.9. The Balaban J connectivity index is 2.33. The first-order valence-electron chi connectivity index (χ1n) is 4.02. The fraction of sp³-hybridized carbons (Fsp3) is 0.100. The molecule has 0 aliphatic rings. The lowest BCUT2D eigenvalue weighted by molar-refractivity contribution is 0.104. The summed E-state index contributed by atoms with van der Waals surface area (Å²) in [5.74, 6) is 0.124. The molecule has 14 heavy (non-hydrogen) atoms. The van der Waals surface area contributed by atoms with Crippen LogP contribution in [0.5, 0.6) is 0 Å². The number of hydrogen-bond donors (Lipinski definition) is 0. The number of carbonyl (C=O) groups excluding carboxylic acids is 1. The van der Waals surface area contributed by atoms with E-state index in [0.29, 0.717) is 0 Å². The van der Waals surface area contributed by atoms with Crippen LogP contribution in [-0.4, -0.2) is 5.78 Å². The van der Waals surface area contributed by atoms with E-state index in [1.54, 1.807) is 0 Å². The molecule has 0 aromatic carbocycles. The first-order valence-corrected chi connectivity index (χ1v) is 6.51. The van der Waals surface area contributed by atoms with Gasteiger partial charge in [-0.1, -0.05) is 0 Å². The summed E-state index contributed by atoms with van der Waals surface area (Å²) in [5, 5.41) is 2.00. The van der Waals surface area contributed by atoms with Crippen molar-refractivity contribution in [3.63, 3.8) is 0 Å². The number of hydrogen-bond acceptors (Lipinski definition) is 3. The molecule has 2 rings (SSSR count). The van der Waals surface area contributed by atoms with Crippen molar-refractivity contribution < 1.29 is 4.79 Å². The summed E-state index contributed by atoms with van der Waals surface area (Å²) in [7, 11) is 0. The second-order valence-electron chi connectivity index (χ2n) is 2.92. The number of thiophene rings is 2. The van der Waals surface area contributed by atoms with E-state index in [1.807, 2.05) is 30.5 Å². The lowest BCUT2D eigenvalue weighted by Gasteiger charge is -1.90. The Bertz CT molecular complexity index is 428. The molecule has 0 amide bonds. The van der Waals surface area contributed by atoms with Gasteiger partial charge in [-0.05, 0) is 52.0 Å². The Kier molecular flexibility index (Phi) is 2.85. The summed E-state index contributed by atoms with van der Waals surface area (Å²) in [5.41, 5.74) is 1.15. The number of carbonyl (C=O) groups is 1. The minimum atomic E-state index is 0.124. The molecule has 0 unspecified atom stereocenters. The average Bonchev–Trinajstić information content (AvgIpc) is 2.73. The maximum atomic E-state index is 11.9. The van der Waals surface area contributed by atoms with Crippen LogP contribution < -0.4 is 0 Å². The Labute approximate surface area is 98.5 Å². The smallest absolute Gasteiger partial charge is 0.212 e. The van der Waals surface area contributed by atoms with Crippen molar-refractivity contribution in [1.82, 2.24) is 0 Å². The monoisotopic (exact) mass is 286 g/mol. The summed E-state index contributed by atoms with van der Waals surface area (Å²) in [6.45, 7) is 2.00.